The first-order chi connectivity index (χ1) is 16.5. The molecule has 4 N–H and O–H groups in total. The number of nitrogens with zero attached hydrogens (tertiary/aromatic N) is 3. The van der Waals surface area contributed by atoms with Crippen molar-refractivity contribution in [2.24, 2.45) is 5.73 Å². The molecule has 0 spiro atoms. The Hall–Kier alpha value is -3.00. The molecule has 0 saturated heterocycles. The molecule has 2 aromatic heterocycles. The topological polar surface area (TPSA) is 80.3 Å². The van der Waals surface area contributed by atoms with E-state index in [9.17, 15) is 4.39 Å². The molecule has 0 aliphatic rings. The molecule has 178 valence electrons. The number of fused-ring (bicyclic) bond motifs is 1. The zero-order chi connectivity index (χ0) is 23.9. The molecule has 0 saturated carbocycles. The summed E-state index contributed by atoms with van der Waals surface area (Å²) in [5.74, 6) is 0.495. The maximum atomic E-state index is 13.4. The predicted molar refractivity (Wildman–Crippen MR) is 136 cm³/mol. The molecule has 0 aliphatic carbocycles. The average Bonchev–Trinajstić information content (AvgIpc) is 3.25. The summed E-state index contributed by atoms with van der Waals surface area (Å²) in [7, 11) is 0. The third-order valence-corrected chi connectivity index (χ3v) is 6.31. The minimum absolute atomic E-state index is 0.219. The summed E-state index contributed by atoms with van der Waals surface area (Å²) in [4.78, 5) is 4.47. The zero-order valence-corrected chi connectivity index (χ0v) is 20.0. The van der Waals surface area contributed by atoms with Crippen LogP contribution in [0.15, 0.2) is 61.1 Å². The van der Waals surface area contributed by atoms with Gasteiger partial charge in [0.15, 0.2) is 5.82 Å². The van der Waals surface area contributed by atoms with Crippen molar-refractivity contribution in [3.8, 4) is 0 Å². The lowest BCUT2D eigenvalue weighted by Crippen LogP contribution is -2.25. The van der Waals surface area contributed by atoms with Crippen LogP contribution in [0.1, 0.15) is 36.5 Å². The minimum atomic E-state index is -0.219. The molecule has 1 atom stereocenters. The van der Waals surface area contributed by atoms with Gasteiger partial charge in [0.2, 0.25) is 0 Å². The summed E-state index contributed by atoms with van der Waals surface area (Å²) in [5, 5.41) is 11.8. The first kappa shape index (κ1) is 24.1. The van der Waals surface area contributed by atoms with E-state index in [0.29, 0.717) is 17.4 Å². The average molecular weight is 481 g/mol. The van der Waals surface area contributed by atoms with Gasteiger partial charge in [-0.1, -0.05) is 36.7 Å². The molecule has 4 rings (SSSR count). The van der Waals surface area contributed by atoms with E-state index in [0.717, 1.165) is 60.1 Å². The molecule has 6 nitrogen and oxygen atoms in total. The summed E-state index contributed by atoms with van der Waals surface area (Å²) in [5.41, 5.74) is 10.8. The first-order valence-corrected chi connectivity index (χ1v) is 12.0. The number of hydrogen-bond acceptors (Lipinski definition) is 5. The number of nitrogens with one attached hydrogen (secondary N) is 2. The highest BCUT2D eigenvalue weighted by atomic mass is 35.5. The molecular formula is C26H30ClFN6. The Balaban J connectivity index is 1.44. The van der Waals surface area contributed by atoms with E-state index in [1.54, 1.807) is 12.1 Å². The van der Waals surface area contributed by atoms with Crippen molar-refractivity contribution in [2.75, 3.05) is 11.9 Å². The molecule has 8 heteroatoms. The lowest BCUT2D eigenvalue weighted by Gasteiger charge is -2.12. The minimum Gasteiger partial charge on any atom is -0.338 e. The number of halogens is 2. The molecule has 34 heavy (non-hydrogen) atoms. The number of anilines is 2. The highest BCUT2D eigenvalue weighted by Crippen LogP contribution is 2.27. The van der Waals surface area contributed by atoms with Crippen LogP contribution in [0.3, 0.4) is 0 Å². The molecule has 0 fully saturated rings. The van der Waals surface area contributed by atoms with Gasteiger partial charge in [-0.3, -0.25) is 0 Å². The second-order valence-corrected chi connectivity index (χ2v) is 8.84. The van der Waals surface area contributed by atoms with E-state index < -0.39 is 0 Å². The number of nitrogens with two attached hydrogens (primary N) is 1. The van der Waals surface area contributed by atoms with E-state index in [4.69, 9.17) is 17.3 Å². The van der Waals surface area contributed by atoms with Crippen molar-refractivity contribution in [3.63, 3.8) is 0 Å². The van der Waals surface area contributed by atoms with Gasteiger partial charge in [0.1, 0.15) is 17.7 Å². The van der Waals surface area contributed by atoms with Gasteiger partial charge in [0.25, 0.3) is 0 Å². The second-order valence-electron chi connectivity index (χ2n) is 8.44. The van der Waals surface area contributed by atoms with Crippen molar-refractivity contribution < 1.29 is 4.39 Å². The summed E-state index contributed by atoms with van der Waals surface area (Å²) in [6, 6.07) is 14.8. The highest BCUT2D eigenvalue weighted by Gasteiger charge is 2.12. The van der Waals surface area contributed by atoms with Gasteiger partial charge in [-0.15, -0.1) is 0 Å². The van der Waals surface area contributed by atoms with Crippen molar-refractivity contribution in [1.29, 1.82) is 0 Å². The summed E-state index contributed by atoms with van der Waals surface area (Å²) >= 11 is 6.57. The monoisotopic (exact) mass is 480 g/mol. The van der Waals surface area contributed by atoms with Crippen LogP contribution in [-0.4, -0.2) is 27.2 Å². The molecule has 2 heterocycles. The number of aromatic nitrogens is 3. The molecule has 0 radical (unpaired) electrons. The van der Waals surface area contributed by atoms with Crippen molar-refractivity contribution in [1.82, 2.24) is 19.9 Å². The first-order valence-electron chi connectivity index (χ1n) is 11.6. The van der Waals surface area contributed by atoms with Gasteiger partial charge in [0.05, 0.1) is 0 Å². The van der Waals surface area contributed by atoms with Crippen molar-refractivity contribution >= 4 is 28.6 Å². The number of benzene rings is 2. The number of rotatable bonds is 11. The van der Waals surface area contributed by atoms with Crippen molar-refractivity contribution in [2.45, 2.75) is 45.2 Å². The fourth-order valence-electron chi connectivity index (χ4n) is 3.90. The molecule has 4 aromatic rings. The van der Waals surface area contributed by atoms with Crippen LogP contribution in [-0.2, 0) is 19.4 Å². The summed E-state index contributed by atoms with van der Waals surface area (Å²) in [6.07, 6.45) is 6.83. The highest BCUT2D eigenvalue weighted by molar-refractivity contribution is 6.31. The Bertz CT molecular complexity index is 1240. The van der Waals surface area contributed by atoms with Crippen LogP contribution >= 0.6 is 11.6 Å². The lowest BCUT2D eigenvalue weighted by atomic mass is 10.0. The Labute approximate surface area is 204 Å². The lowest BCUT2D eigenvalue weighted by molar-refractivity contribution is 0.550. The van der Waals surface area contributed by atoms with Gasteiger partial charge in [-0.25, -0.2) is 13.9 Å². The van der Waals surface area contributed by atoms with Crippen LogP contribution in [0.4, 0.5) is 15.9 Å². The van der Waals surface area contributed by atoms with Crippen LogP contribution in [0.5, 0.6) is 0 Å². The maximum absolute atomic E-state index is 13.4. The Morgan fingerprint density at radius 3 is 2.79 bits per heavy atom. The van der Waals surface area contributed by atoms with E-state index in [1.807, 2.05) is 41.0 Å². The fourth-order valence-corrected chi connectivity index (χ4v) is 4.18. The predicted octanol–water partition coefficient (Wildman–Crippen LogP) is 5.27. The quantitative estimate of drug-likeness (QED) is 0.255. The van der Waals surface area contributed by atoms with Gasteiger partial charge < -0.3 is 16.4 Å². The standard InChI is InChI=1S/C26H30ClFN6/c1-2-22(29)10-12-30-16-20-11-13-34-25(20)26(31-17-32-34)33-23-9-8-19(24(27)15-23)7-6-18-4-3-5-21(28)14-18/h3-5,8-9,11,13-15,17,22,30H,2,6-7,10,12,16,29H2,1H3,(H,31,32,33). The molecule has 2 aromatic carbocycles. The molecular weight excluding hydrogens is 451 g/mol. The molecule has 0 amide bonds. The number of aryl methyl sites for hydroxylation is 2. The van der Waals surface area contributed by atoms with Gasteiger partial charge in [-0.05, 0) is 79.3 Å². The Morgan fingerprint density at radius 2 is 2.00 bits per heavy atom. The molecule has 0 aliphatic heterocycles. The van der Waals surface area contributed by atoms with Gasteiger partial charge >= 0.3 is 0 Å². The van der Waals surface area contributed by atoms with Crippen LogP contribution < -0.4 is 16.4 Å². The van der Waals surface area contributed by atoms with Crippen LogP contribution in [0.25, 0.3) is 5.52 Å². The van der Waals surface area contributed by atoms with Gasteiger partial charge in [-0.2, -0.15) is 5.10 Å². The van der Waals surface area contributed by atoms with Crippen LogP contribution in [0, 0.1) is 5.82 Å². The normalized spacial score (nSPS) is 12.2. The fraction of sp³-hybridized carbons (Fsp3) is 0.308. The third-order valence-electron chi connectivity index (χ3n) is 5.96. The molecule has 0 bridgehead atoms. The second kappa shape index (κ2) is 11.4. The van der Waals surface area contributed by atoms with Crippen LogP contribution in [0.2, 0.25) is 5.02 Å². The summed E-state index contributed by atoms with van der Waals surface area (Å²) < 4.78 is 15.2. The number of hydrogen-bond donors (Lipinski definition) is 3. The van der Waals surface area contributed by atoms with Gasteiger partial charge in [0, 0.05) is 29.5 Å². The zero-order valence-electron chi connectivity index (χ0n) is 19.3. The third kappa shape index (κ3) is 6.11. The van der Waals surface area contributed by atoms with Crippen molar-refractivity contribution in [3.05, 3.63) is 88.6 Å². The summed E-state index contributed by atoms with van der Waals surface area (Å²) in [6.45, 7) is 3.66. The maximum Gasteiger partial charge on any atom is 0.158 e. The molecule has 1 unspecified atom stereocenters. The van der Waals surface area contributed by atoms with E-state index in [-0.39, 0.29) is 11.9 Å². The largest absolute Gasteiger partial charge is 0.338 e. The Kier molecular flexibility index (Phi) is 8.11. The SMILES string of the molecule is CCC(N)CCNCc1ccn2ncnc(Nc3ccc(CCc4cccc(F)c4)c(Cl)c3)c12. The van der Waals surface area contributed by atoms with E-state index in [2.05, 4.69) is 27.6 Å². The van der Waals surface area contributed by atoms with E-state index in [1.165, 1.54) is 12.4 Å². The smallest absolute Gasteiger partial charge is 0.158 e. The van der Waals surface area contributed by atoms with E-state index >= 15 is 0 Å². The Morgan fingerprint density at radius 1 is 1.12 bits per heavy atom.